The SMILES string of the molecule is CCC(=O)/C(=C(/O)c1ccccc1)c1nc2ccccc2[nH]1. The zero-order valence-electron chi connectivity index (χ0n) is 12.2. The first-order valence-corrected chi connectivity index (χ1v) is 7.17. The van der Waals surface area contributed by atoms with E-state index in [1.165, 1.54) is 0 Å². The van der Waals surface area contributed by atoms with Gasteiger partial charge >= 0.3 is 0 Å². The van der Waals surface area contributed by atoms with Crippen LogP contribution in [0.1, 0.15) is 24.7 Å². The van der Waals surface area contributed by atoms with E-state index in [0.29, 0.717) is 17.8 Å². The number of aliphatic hydroxyl groups excluding tert-OH is 1. The summed E-state index contributed by atoms with van der Waals surface area (Å²) in [4.78, 5) is 19.9. The summed E-state index contributed by atoms with van der Waals surface area (Å²) in [5.41, 5.74) is 2.42. The van der Waals surface area contributed by atoms with Gasteiger partial charge in [-0.2, -0.15) is 0 Å². The van der Waals surface area contributed by atoms with E-state index in [1.54, 1.807) is 19.1 Å². The summed E-state index contributed by atoms with van der Waals surface area (Å²) in [6, 6.07) is 16.6. The van der Waals surface area contributed by atoms with Gasteiger partial charge in [0.15, 0.2) is 5.78 Å². The van der Waals surface area contributed by atoms with Crippen LogP contribution in [0.2, 0.25) is 0 Å². The number of aliphatic hydroxyl groups is 1. The number of para-hydroxylation sites is 2. The number of fused-ring (bicyclic) bond motifs is 1. The van der Waals surface area contributed by atoms with E-state index in [-0.39, 0.29) is 17.1 Å². The average Bonchev–Trinajstić information content (AvgIpc) is 2.99. The second kappa shape index (κ2) is 5.85. The third-order valence-electron chi connectivity index (χ3n) is 3.51. The Morgan fingerprint density at radius 3 is 2.45 bits per heavy atom. The first kappa shape index (κ1) is 14.1. The second-order valence-electron chi connectivity index (χ2n) is 4.97. The number of benzene rings is 2. The number of Topliss-reactive ketones (excluding diaryl/α,β-unsaturated/α-hetero) is 1. The van der Waals surface area contributed by atoms with E-state index < -0.39 is 0 Å². The van der Waals surface area contributed by atoms with Gasteiger partial charge in [-0.1, -0.05) is 49.4 Å². The molecule has 0 atom stereocenters. The molecular formula is C18H16N2O2. The van der Waals surface area contributed by atoms with Gasteiger partial charge in [-0.15, -0.1) is 0 Å². The summed E-state index contributed by atoms with van der Waals surface area (Å²) in [7, 11) is 0. The summed E-state index contributed by atoms with van der Waals surface area (Å²) in [6.45, 7) is 1.77. The number of hydrogen-bond donors (Lipinski definition) is 2. The largest absolute Gasteiger partial charge is 0.506 e. The average molecular weight is 292 g/mol. The Bertz CT molecular complexity index is 815. The quantitative estimate of drug-likeness (QED) is 0.565. The van der Waals surface area contributed by atoms with Crippen LogP contribution in [0.15, 0.2) is 54.6 Å². The van der Waals surface area contributed by atoms with Crippen LogP contribution < -0.4 is 0 Å². The Balaban J connectivity index is 2.20. The number of aromatic nitrogens is 2. The van der Waals surface area contributed by atoms with Gasteiger partial charge < -0.3 is 10.1 Å². The van der Waals surface area contributed by atoms with Crippen molar-refractivity contribution in [2.45, 2.75) is 13.3 Å². The smallest absolute Gasteiger partial charge is 0.170 e. The molecule has 0 aliphatic carbocycles. The molecule has 1 aromatic heterocycles. The summed E-state index contributed by atoms with van der Waals surface area (Å²) in [6.07, 6.45) is 0.295. The molecule has 4 heteroatoms. The summed E-state index contributed by atoms with van der Waals surface area (Å²) in [5.74, 6) is 0.196. The highest BCUT2D eigenvalue weighted by atomic mass is 16.3. The highest BCUT2D eigenvalue weighted by Crippen LogP contribution is 2.26. The number of ketones is 1. The molecule has 3 aromatic rings. The van der Waals surface area contributed by atoms with Gasteiger partial charge in [0.25, 0.3) is 0 Å². The van der Waals surface area contributed by atoms with Crippen LogP contribution >= 0.6 is 0 Å². The van der Waals surface area contributed by atoms with E-state index >= 15 is 0 Å². The van der Waals surface area contributed by atoms with Crippen molar-refractivity contribution in [2.75, 3.05) is 0 Å². The topological polar surface area (TPSA) is 66.0 Å². The van der Waals surface area contributed by atoms with Crippen LogP contribution in [0.25, 0.3) is 22.4 Å². The van der Waals surface area contributed by atoms with Gasteiger partial charge in [-0.3, -0.25) is 4.79 Å². The van der Waals surface area contributed by atoms with Crippen molar-refractivity contribution in [3.63, 3.8) is 0 Å². The predicted molar refractivity (Wildman–Crippen MR) is 87.3 cm³/mol. The lowest BCUT2D eigenvalue weighted by molar-refractivity contribution is -0.113. The van der Waals surface area contributed by atoms with Crippen molar-refractivity contribution < 1.29 is 9.90 Å². The van der Waals surface area contributed by atoms with E-state index in [4.69, 9.17) is 0 Å². The molecule has 0 radical (unpaired) electrons. The second-order valence-corrected chi connectivity index (χ2v) is 4.97. The van der Waals surface area contributed by atoms with Crippen molar-refractivity contribution in [1.82, 2.24) is 9.97 Å². The molecule has 0 amide bonds. The third kappa shape index (κ3) is 2.51. The van der Waals surface area contributed by atoms with Gasteiger partial charge in [0.05, 0.1) is 11.0 Å². The lowest BCUT2D eigenvalue weighted by Crippen LogP contribution is -2.05. The first-order chi connectivity index (χ1) is 10.7. The molecule has 0 aliphatic heterocycles. The standard InChI is InChI=1S/C18H16N2O2/c1-2-15(21)16(17(22)12-8-4-3-5-9-12)18-19-13-10-6-7-11-14(13)20-18/h3-11,22H,2H2,1H3,(H,19,20)/b17-16-. The molecule has 0 spiro atoms. The molecule has 110 valence electrons. The van der Waals surface area contributed by atoms with Crippen molar-refractivity contribution in [1.29, 1.82) is 0 Å². The highest BCUT2D eigenvalue weighted by Gasteiger charge is 2.20. The molecule has 4 nitrogen and oxygen atoms in total. The lowest BCUT2D eigenvalue weighted by atomic mass is 10.0. The Labute approximate surface area is 128 Å². The Morgan fingerprint density at radius 2 is 1.77 bits per heavy atom. The molecule has 0 saturated carbocycles. The molecule has 22 heavy (non-hydrogen) atoms. The molecule has 0 fully saturated rings. The number of allylic oxidation sites excluding steroid dienone is 1. The van der Waals surface area contributed by atoms with Crippen LogP contribution in [0, 0.1) is 0 Å². The lowest BCUT2D eigenvalue weighted by Gasteiger charge is -2.07. The summed E-state index contributed by atoms with van der Waals surface area (Å²) < 4.78 is 0. The van der Waals surface area contributed by atoms with Gasteiger partial charge in [0, 0.05) is 12.0 Å². The molecule has 0 bridgehead atoms. The normalized spacial score (nSPS) is 12.2. The van der Waals surface area contributed by atoms with E-state index in [2.05, 4.69) is 9.97 Å². The van der Waals surface area contributed by atoms with Gasteiger partial charge in [0.1, 0.15) is 17.2 Å². The molecule has 0 aliphatic rings. The van der Waals surface area contributed by atoms with Gasteiger partial charge in [-0.25, -0.2) is 4.98 Å². The molecule has 0 saturated heterocycles. The Hall–Kier alpha value is -2.88. The van der Waals surface area contributed by atoms with Crippen LogP contribution in [0.5, 0.6) is 0 Å². The Morgan fingerprint density at radius 1 is 1.09 bits per heavy atom. The van der Waals surface area contributed by atoms with E-state index in [0.717, 1.165) is 11.0 Å². The molecule has 2 N–H and O–H groups in total. The minimum Gasteiger partial charge on any atom is -0.506 e. The molecule has 3 rings (SSSR count). The van der Waals surface area contributed by atoms with Crippen LogP contribution in [-0.2, 0) is 4.79 Å². The number of carbonyl (C=O) groups is 1. The summed E-state index contributed by atoms with van der Waals surface area (Å²) in [5, 5.41) is 10.6. The fourth-order valence-corrected chi connectivity index (χ4v) is 2.36. The van der Waals surface area contributed by atoms with Crippen LogP contribution in [-0.4, -0.2) is 20.9 Å². The fraction of sp³-hybridized carbons (Fsp3) is 0.111. The van der Waals surface area contributed by atoms with Crippen molar-refractivity contribution >= 4 is 28.1 Å². The monoisotopic (exact) mass is 292 g/mol. The molecule has 0 unspecified atom stereocenters. The predicted octanol–water partition coefficient (Wildman–Crippen LogP) is 3.97. The van der Waals surface area contributed by atoms with Gasteiger partial charge in [-0.05, 0) is 12.1 Å². The van der Waals surface area contributed by atoms with Gasteiger partial charge in [0.2, 0.25) is 0 Å². The van der Waals surface area contributed by atoms with Crippen molar-refractivity contribution in [3.05, 3.63) is 66.0 Å². The number of carbonyl (C=O) groups excluding carboxylic acids is 1. The fourth-order valence-electron chi connectivity index (χ4n) is 2.36. The Kier molecular flexibility index (Phi) is 3.74. The maximum Gasteiger partial charge on any atom is 0.170 e. The third-order valence-corrected chi connectivity index (χ3v) is 3.51. The number of imidazole rings is 1. The summed E-state index contributed by atoms with van der Waals surface area (Å²) >= 11 is 0. The highest BCUT2D eigenvalue weighted by molar-refractivity contribution is 6.26. The molecule has 1 heterocycles. The number of rotatable bonds is 4. The molecule has 2 aromatic carbocycles. The minimum atomic E-state index is -0.152. The first-order valence-electron chi connectivity index (χ1n) is 7.17. The maximum absolute atomic E-state index is 12.3. The molecular weight excluding hydrogens is 276 g/mol. The van der Waals surface area contributed by atoms with Crippen LogP contribution in [0.3, 0.4) is 0 Å². The van der Waals surface area contributed by atoms with E-state index in [9.17, 15) is 9.90 Å². The zero-order chi connectivity index (χ0) is 15.5. The van der Waals surface area contributed by atoms with Crippen molar-refractivity contribution in [3.8, 4) is 0 Å². The van der Waals surface area contributed by atoms with Crippen LogP contribution in [0.4, 0.5) is 0 Å². The minimum absolute atomic E-state index is 0.0495. The number of aromatic amines is 1. The number of H-pyrrole nitrogens is 1. The number of nitrogens with one attached hydrogen (secondary N) is 1. The number of hydrogen-bond acceptors (Lipinski definition) is 3. The maximum atomic E-state index is 12.3. The van der Waals surface area contributed by atoms with E-state index in [1.807, 2.05) is 42.5 Å². The number of nitrogens with zero attached hydrogens (tertiary/aromatic N) is 1. The van der Waals surface area contributed by atoms with Crippen molar-refractivity contribution in [2.24, 2.45) is 0 Å². The zero-order valence-corrected chi connectivity index (χ0v) is 12.2.